The fraction of sp³-hybridized carbons (Fsp3) is 0.417. The summed E-state index contributed by atoms with van der Waals surface area (Å²) in [6, 6.07) is 7.21. The van der Waals surface area contributed by atoms with Gasteiger partial charge in [-0.2, -0.15) is 0 Å². The molecule has 3 N–H and O–H groups in total. The van der Waals surface area contributed by atoms with Gasteiger partial charge in [0.05, 0.1) is 6.61 Å². The molecular weight excluding hydrogens is 218 g/mol. The van der Waals surface area contributed by atoms with Crippen molar-refractivity contribution in [2.24, 2.45) is 0 Å². The lowest BCUT2D eigenvalue weighted by molar-refractivity contribution is 0.174. The van der Waals surface area contributed by atoms with E-state index in [1.165, 1.54) is 0 Å². The fourth-order valence-electron chi connectivity index (χ4n) is 2.00. The maximum atomic E-state index is 12.1. The maximum Gasteiger partial charge on any atom is 0.324 e. The van der Waals surface area contributed by atoms with Crippen molar-refractivity contribution in [1.29, 1.82) is 0 Å². The van der Waals surface area contributed by atoms with E-state index in [2.05, 4.69) is 0 Å². The summed E-state index contributed by atoms with van der Waals surface area (Å²) in [5, 5.41) is 8.90. The highest BCUT2D eigenvalue weighted by molar-refractivity contribution is 5.92. The summed E-state index contributed by atoms with van der Waals surface area (Å²) < 4.78 is 0. The van der Waals surface area contributed by atoms with E-state index >= 15 is 0 Å². The monoisotopic (exact) mass is 235 g/mol. The van der Waals surface area contributed by atoms with Crippen LogP contribution in [-0.2, 0) is 0 Å². The summed E-state index contributed by atoms with van der Waals surface area (Å²) in [6.45, 7) is 1.82. The second kappa shape index (κ2) is 5.05. The summed E-state index contributed by atoms with van der Waals surface area (Å²) in [4.78, 5) is 15.5. The van der Waals surface area contributed by atoms with Gasteiger partial charge in [0.2, 0.25) is 0 Å². The van der Waals surface area contributed by atoms with Gasteiger partial charge in [-0.25, -0.2) is 4.79 Å². The maximum absolute atomic E-state index is 12.1. The van der Waals surface area contributed by atoms with Gasteiger partial charge in [-0.3, -0.25) is 4.90 Å². The third-order valence-corrected chi connectivity index (χ3v) is 2.89. The molecule has 0 aliphatic carbocycles. The van der Waals surface area contributed by atoms with Crippen molar-refractivity contribution in [3.05, 3.63) is 24.3 Å². The number of nitrogen functional groups attached to an aromatic ring is 1. The molecule has 1 fully saturated rings. The van der Waals surface area contributed by atoms with E-state index in [-0.39, 0.29) is 12.6 Å². The summed E-state index contributed by atoms with van der Waals surface area (Å²) in [7, 11) is 0. The first-order valence-electron chi connectivity index (χ1n) is 5.75. The molecule has 1 aliphatic heterocycles. The summed E-state index contributed by atoms with van der Waals surface area (Å²) >= 11 is 0. The van der Waals surface area contributed by atoms with Gasteiger partial charge in [-0.05, 0) is 30.7 Å². The van der Waals surface area contributed by atoms with Crippen molar-refractivity contribution in [3.63, 3.8) is 0 Å². The zero-order chi connectivity index (χ0) is 12.3. The number of aliphatic hydroxyl groups excluding tert-OH is 1. The van der Waals surface area contributed by atoms with Gasteiger partial charge < -0.3 is 15.7 Å². The Hall–Kier alpha value is -1.75. The first-order chi connectivity index (χ1) is 8.22. The van der Waals surface area contributed by atoms with Crippen LogP contribution >= 0.6 is 0 Å². The lowest BCUT2D eigenvalue weighted by atomic mass is 10.2. The van der Waals surface area contributed by atoms with Crippen LogP contribution in [0.3, 0.4) is 0 Å². The molecule has 5 nitrogen and oxygen atoms in total. The topological polar surface area (TPSA) is 69.8 Å². The van der Waals surface area contributed by atoms with Crippen molar-refractivity contribution in [1.82, 2.24) is 4.90 Å². The van der Waals surface area contributed by atoms with E-state index in [9.17, 15) is 4.79 Å². The van der Waals surface area contributed by atoms with E-state index in [1.54, 1.807) is 21.9 Å². The van der Waals surface area contributed by atoms with Crippen LogP contribution in [0.15, 0.2) is 24.3 Å². The summed E-state index contributed by atoms with van der Waals surface area (Å²) in [5.41, 5.74) is 7.16. The van der Waals surface area contributed by atoms with Crippen molar-refractivity contribution in [2.75, 3.05) is 36.9 Å². The number of hydrogen-bond donors (Lipinski definition) is 2. The number of β-amino-alcohol motifs (C(OH)–C–C–N with tert-alkyl or cyclic N) is 1. The highest BCUT2D eigenvalue weighted by Gasteiger charge is 2.25. The lowest BCUT2D eigenvalue weighted by Crippen LogP contribution is -2.50. The molecule has 1 heterocycles. The molecule has 2 rings (SSSR count). The lowest BCUT2D eigenvalue weighted by Gasteiger charge is -2.35. The number of amides is 2. The van der Waals surface area contributed by atoms with Gasteiger partial charge in [-0.15, -0.1) is 0 Å². The van der Waals surface area contributed by atoms with Crippen molar-refractivity contribution >= 4 is 17.4 Å². The Bertz CT molecular complexity index is 389. The second-order valence-electron chi connectivity index (χ2n) is 4.09. The zero-order valence-corrected chi connectivity index (χ0v) is 9.67. The van der Waals surface area contributed by atoms with Gasteiger partial charge in [0.25, 0.3) is 0 Å². The molecule has 17 heavy (non-hydrogen) atoms. The molecule has 1 aromatic rings. The van der Waals surface area contributed by atoms with Crippen LogP contribution in [0.2, 0.25) is 0 Å². The normalized spacial score (nSPS) is 16.4. The van der Waals surface area contributed by atoms with Crippen LogP contribution in [0.5, 0.6) is 0 Å². The number of carbonyl (C=O) groups is 1. The smallest absolute Gasteiger partial charge is 0.324 e. The van der Waals surface area contributed by atoms with Crippen LogP contribution in [-0.4, -0.2) is 42.3 Å². The predicted molar refractivity (Wildman–Crippen MR) is 66.9 cm³/mol. The highest BCUT2D eigenvalue weighted by Crippen LogP contribution is 2.20. The first-order valence-corrected chi connectivity index (χ1v) is 5.75. The second-order valence-corrected chi connectivity index (χ2v) is 4.09. The zero-order valence-electron chi connectivity index (χ0n) is 9.67. The van der Waals surface area contributed by atoms with Gasteiger partial charge >= 0.3 is 6.03 Å². The van der Waals surface area contributed by atoms with Gasteiger partial charge in [0.15, 0.2) is 0 Å². The highest BCUT2D eigenvalue weighted by atomic mass is 16.3. The Morgan fingerprint density at radius 1 is 1.24 bits per heavy atom. The predicted octanol–water partition coefficient (Wildman–Crippen LogP) is 0.893. The molecule has 0 radical (unpaired) electrons. The quantitative estimate of drug-likeness (QED) is 0.764. The Kier molecular flexibility index (Phi) is 3.49. The summed E-state index contributed by atoms with van der Waals surface area (Å²) in [6.07, 6.45) is 0.913. The van der Waals surface area contributed by atoms with Crippen molar-refractivity contribution in [3.8, 4) is 0 Å². The number of aliphatic hydroxyl groups is 1. The molecule has 5 heteroatoms. The average Bonchev–Trinajstić information content (AvgIpc) is 2.34. The molecule has 0 atom stereocenters. The molecule has 1 aliphatic rings. The number of benzene rings is 1. The molecule has 0 saturated carbocycles. The van der Waals surface area contributed by atoms with E-state index in [0.29, 0.717) is 25.3 Å². The molecule has 0 unspecified atom stereocenters. The Labute approximate surface area is 100 Å². The average molecular weight is 235 g/mol. The molecule has 0 spiro atoms. The third kappa shape index (κ3) is 2.50. The molecular formula is C12H17N3O2. The van der Waals surface area contributed by atoms with Crippen molar-refractivity contribution < 1.29 is 9.90 Å². The van der Waals surface area contributed by atoms with Crippen LogP contribution < -0.4 is 10.6 Å². The minimum Gasteiger partial charge on any atom is -0.399 e. The molecule has 1 aromatic carbocycles. The molecule has 1 saturated heterocycles. The number of urea groups is 1. The standard InChI is InChI=1S/C12H17N3O2/c13-10-2-4-11(5-3-10)15-7-1-6-14(8-9-16)12(15)17/h2-5,16H,1,6-9,13H2. The first kappa shape index (κ1) is 11.7. The van der Waals surface area contributed by atoms with Gasteiger partial charge in [-0.1, -0.05) is 0 Å². The molecule has 0 aromatic heterocycles. The largest absolute Gasteiger partial charge is 0.399 e. The van der Waals surface area contributed by atoms with Crippen LogP contribution in [0.25, 0.3) is 0 Å². The minimum atomic E-state index is -0.0462. The summed E-state index contributed by atoms with van der Waals surface area (Å²) in [5.74, 6) is 0. The molecule has 0 bridgehead atoms. The van der Waals surface area contributed by atoms with Gasteiger partial charge in [0.1, 0.15) is 0 Å². The Morgan fingerprint density at radius 3 is 2.59 bits per heavy atom. The third-order valence-electron chi connectivity index (χ3n) is 2.89. The number of anilines is 2. The van der Waals surface area contributed by atoms with E-state index in [1.807, 2.05) is 12.1 Å². The van der Waals surface area contributed by atoms with Crippen LogP contribution in [0.4, 0.5) is 16.2 Å². The Morgan fingerprint density at radius 2 is 1.94 bits per heavy atom. The van der Waals surface area contributed by atoms with E-state index in [4.69, 9.17) is 10.8 Å². The fourth-order valence-corrected chi connectivity index (χ4v) is 2.00. The number of carbonyl (C=O) groups excluding carboxylic acids is 1. The van der Waals surface area contributed by atoms with Crippen molar-refractivity contribution in [2.45, 2.75) is 6.42 Å². The molecule has 2 amide bonds. The SMILES string of the molecule is Nc1ccc(N2CCCN(CCO)C2=O)cc1. The number of hydrogen-bond acceptors (Lipinski definition) is 3. The minimum absolute atomic E-state index is 0.00131. The Balaban J connectivity index is 2.14. The van der Waals surface area contributed by atoms with Gasteiger partial charge in [0, 0.05) is 31.0 Å². The van der Waals surface area contributed by atoms with E-state index < -0.39 is 0 Å². The van der Waals surface area contributed by atoms with E-state index in [0.717, 1.165) is 12.1 Å². The molecule has 92 valence electrons. The number of nitrogens with zero attached hydrogens (tertiary/aromatic N) is 2. The number of rotatable bonds is 3. The number of nitrogens with two attached hydrogens (primary N) is 1. The van der Waals surface area contributed by atoms with Crippen LogP contribution in [0, 0.1) is 0 Å². The van der Waals surface area contributed by atoms with Crippen LogP contribution in [0.1, 0.15) is 6.42 Å².